The maximum atomic E-state index is 14.8. The van der Waals surface area contributed by atoms with Gasteiger partial charge in [-0.3, -0.25) is 4.79 Å². The molecule has 2 saturated heterocycles. The van der Waals surface area contributed by atoms with E-state index in [0.29, 0.717) is 30.7 Å². The highest BCUT2D eigenvalue weighted by molar-refractivity contribution is 5.78. The van der Waals surface area contributed by atoms with Gasteiger partial charge in [-0.15, -0.1) is 0 Å². The lowest BCUT2D eigenvalue weighted by Crippen LogP contribution is -2.54. The third-order valence-corrected chi connectivity index (χ3v) is 5.10. The molecule has 0 aromatic carbocycles. The van der Waals surface area contributed by atoms with E-state index in [1.54, 1.807) is 0 Å². The van der Waals surface area contributed by atoms with Crippen LogP contribution in [-0.4, -0.2) is 53.6 Å². The summed E-state index contributed by atoms with van der Waals surface area (Å²) in [6.07, 6.45) is 1.08. The fourth-order valence-electron chi connectivity index (χ4n) is 3.14. The number of rotatable bonds is 4. The van der Waals surface area contributed by atoms with Gasteiger partial charge in [-0.2, -0.15) is 0 Å². The molecule has 0 radical (unpaired) electrons. The average molecular weight is 284 g/mol. The molecule has 2 aliphatic rings. The molecule has 3 nitrogen and oxygen atoms in total. The van der Waals surface area contributed by atoms with E-state index in [4.69, 9.17) is 0 Å². The van der Waals surface area contributed by atoms with Crippen molar-refractivity contribution in [3.05, 3.63) is 0 Å². The molecule has 2 aliphatic heterocycles. The van der Waals surface area contributed by atoms with Gasteiger partial charge >= 0.3 is 0 Å². The van der Waals surface area contributed by atoms with Crippen molar-refractivity contribution in [3.63, 3.8) is 0 Å². The van der Waals surface area contributed by atoms with Crippen LogP contribution in [0.5, 0.6) is 0 Å². The summed E-state index contributed by atoms with van der Waals surface area (Å²) in [6, 6.07) is 0.470. The maximum Gasteiger partial charge on any atom is 0.225 e. The average Bonchev–Trinajstić information content (AvgIpc) is 2.25. The lowest BCUT2D eigenvalue weighted by molar-refractivity contribution is -0.142. The molecular formula is C16H29FN2O. The second-order valence-corrected chi connectivity index (χ2v) is 7.26. The zero-order chi connectivity index (χ0) is 14.9. The zero-order valence-corrected chi connectivity index (χ0v) is 13.4. The minimum absolute atomic E-state index is 0.0161. The summed E-state index contributed by atoms with van der Waals surface area (Å²) in [4.78, 5) is 16.3. The first-order valence-electron chi connectivity index (χ1n) is 8.01. The molecule has 4 heteroatoms. The van der Waals surface area contributed by atoms with Gasteiger partial charge in [0.1, 0.15) is 5.67 Å². The number of halogens is 1. The summed E-state index contributed by atoms with van der Waals surface area (Å²) >= 11 is 0. The van der Waals surface area contributed by atoms with Gasteiger partial charge in [0.2, 0.25) is 5.91 Å². The predicted octanol–water partition coefficient (Wildman–Crippen LogP) is 2.70. The smallest absolute Gasteiger partial charge is 0.225 e. The summed E-state index contributed by atoms with van der Waals surface area (Å²) in [5, 5.41) is 0. The third kappa shape index (κ3) is 3.51. The number of piperidine rings is 1. The number of amides is 1. The van der Waals surface area contributed by atoms with E-state index in [-0.39, 0.29) is 12.3 Å². The fourth-order valence-corrected chi connectivity index (χ4v) is 3.14. The Morgan fingerprint density at radius 2 is 1.75 bits per heavy atom. The molecular weight excluding hydrogens is 255 g/mol. The lowest BCUT2D eigenvalue weighted by atomic mass is 9.85. The third-order valence-electron chi connectivity index (χ3n) is 5.10. The van der Waals surface area contributed by atoms with Crippen molar-refractivity contribution in [3.8, 4) is 0 Å². The molecule has 0 aromatic heterocycles. The van der Waals surface area contributed by atoms with Crippen LogP contribution in [0.3, 0.4) is 0 Å². The van der Waals surface area contributed by atoms with Crippen molar-refractivity contribution in [2.75, 3.05) is 26.2 Å². The highest BCUT2D eigenvalue weighted by Crippen LogP contribution is 2.33. The largest absolute Gasteiger partial charge is 0.342 e. The maximum absolute atomic E-state index is 14.8. The SMILES string of the molecule is CC(C)C1CN(C(=O)CC2(F)CCN(C(C)C)CC2)C1. The van der Waals surface area contributed by atoms with Crippen molar-refractivity contribution in [2.24, 2.45) is 11.8 Å². The van der Waals surface area contributed by atoms with Crippen LogP contribution < -0.4 is 0 Å². The summed E-state index contributed by atoms with van der Waals surface area (Å²) in [5.41, 5.74) is -1.27. The van der Waals surface area contributed by atoms with Crippen molar-refractivity contribution in [2.45, 2.75) is 58.7 Å². The molecule has 0 bridgehead atoms. The van der Waals surface area contributed by atoms with E-state index >= 15 is 0 Å². The van der Waals surface area contributed by atoms with Crippen molar-refractivity contribution in [1.82, 2.24) is 9.80 Å². The molecule has 2 rings (SSSR count). The molecule has 0 spiro atoms. The number of hydrogen-bond acceptors (Lipinski definition) is 2. The van der Waals surface area contributed by atoms with Crippen LogP contribution in [0.1, 0.15) is 47.0 Å². The van der Waals surface area contributed by atoms with E-state index in [1.807, 2.05) is 4.90 Å². The molecule has 0 aliphatic carbocycles. The highest BCUT2D eigenvalue weighted by atomic mass is 19.1. The molecule has 0 N–H and O–H groups in total. The first kappa shape index (κ1) is 15.7. The Kier molecular flexibility index (Phi) is 4.73. The second kappa shape index (κ2) is 6.00. The Balaban J connectivity index is 1.78. The number of nitrogens with zero attached hydrogens (tertiary/aromatic N) is 2. The van der Waals surface area contributed by atoms with E-state index in [0.717, 1.165) is 26.2 Å². The molecule has 2 fully saturated rings. The normalized spacial score (nSPS) is 24.2. The first-order valence-corrected chi connectivity index (χ1v) is 8.01. The van der Waals surface area contributed by atoms with Crippen LogP contribution in [0, 0.1) is 11.8 Å². The molecule has 1 amide bonds. The van der Waals surface area contributed by atoms with Gasteiger partial charge in [0, 0.05) is 32.2 Å². The minimum atomic E-state index is -1.27. The van der Waals surface area contributed by atoms with Gasteiger partial charge in [0.05, 0.1) is 6.42 Å². The molecule has 0 aromatic rings. The Labute approximate surface area is 122 Å². The van der Waals surface area contributed by atoms with Crippen LogP contribution in [-0.2, 0) is 4.79 Å². The monoisotopic (exact) mass is 284 g/mol. The number of alkyl halides is 1. The lowest BCUT2D eigenvalue weighted by Gasteiger charge is -2.44. The molecule has 0 unspecified atom stereocenters. The van der Waals surface area contributed by atoms with Gasteiger partial charge < -0.3 is 9.80 Å². The van der Waals surface area contributed by atoms with Crippen LogP contribution in [0.4, 0.5) is 4.39 Å². The van der Waals surface area contributed by atoms with Crippen LogP contribution in [0.25, 0.3) is 0 Å². The van der Waals surface area contributed by atoms with Crippen molar-refractivity contribution < 1.29 is 9.18 Å². The number of likely N-dealkylation sites (tertiary alicyclic amines) is 2. The Morgan fingerprint density at radius 1 is 1.20 bits per heavy atom. The van der Waals surface area contributed by atoms with Crippen molar-refractivity contribution in [1.29, 1.82) is 0 Å². The Morgan fingerprint density at radius 3 is 2.20 bits per heavy atom. The molecule has 20 heavy (non-hydrogen) atoms. The van der Waals surface area contributed by atoms with Gasteiger partial charge in [-0.25, -0.2) is 4.39 Å². The van der Waals surface area contributed by atoms with E-state index in [9.17, 15) is 9.18 Å². The quantitative estimate of drug-likeness (QED) is 0.792. The topological polar surface area (TPSA) is 23.6 Å². The van der Waals surface area contributed by atoms with Crippen molar-refractivity contribution >= 4 is 5.91 Å². The summed E-state index contributed by atoms with van der Waals surface area (Å²) < 4.78 is 14.8. The minimum Gasteiger partial charge on any atom is -0.342 e. The van der Waals surface area contributed by atoms with E-state index in [1.165, 1.54) is 0 Å². The van der Waals surface area contributed by atoms with Gasteiger partial charge in [-0.05, 0) is 38.5 Å². The summed E-state index contributed by atoms with van der Waals surface area (Å²) in [6.45, 7) is 11.8. The second-order valence-electron chi connectivity index (χ2n) is 7.26. The predicted molar refractivity (Wildman–Crippen MR) is 79.3 cm³/mol. The first-order chi connectivity index (χ1) is 9.31. The van der Waals surface area contributed by atoms with Crippen LogP contribution in [0.15, 0.2) is 0 Å². The van der Waals surface area contributed by atoms with Gasteiger partial charge in [-0.1, -0.05) is 13.8 Å². The molecule has 2 heterocycles. The van der Waals surface area contributed by atoms with E-state index < -0.39 is 5.67 Å². The molecule has 116 valence electrons. The summed E-state index contributed by atoms with van der Waals surface area (Å²) in [5.74, 6) is 1.24. The van der Waals surface area contributed by atoms with Crippen LogP contribution in [0.2, 0.25) is 0 Å². The van der Waals surface area contributed by atoms with Gasteiger partial charge in [0.15, 0.2) is 0 Å². The standard InChI is InChI=1S/C16H29FN2O/c1-12(2)14-10-19(11-14)15(20)9-16(17)5-7-18(8-6-16)13(3)4/h12-14H,5-11H2,1-4H3. The van der Waals surface area contributed by atoms with E-state index in [2.05, 4.69) is 32.6 Å². The Hall–Kier alpha value is -0.640. The van der Waals surface area contributed by atoms with Gasteiger partial charge in [0.25, 0.3) is 0 Å². The number of hydrogen-bond donors (Lipinski definition) is 0. The summed E-state index contributed by atoms with van der Waals surface area (Å²) in [7, 11) is 0. The molecule has 0 saturated carbocycles. The Bertz CT molecular complexity index is 342. The molecule has 0 atom stereocenters. The fraction of sp³-hybridized carbons (Fsp3) is 0.938. The zero-order valence-electron chi connectivity index (χ0n) is 13.4. The van der Waals surface area contributed by atoms with Crippen LogP contribution >= 0.6 is 0 Å². The highest BCUT2D eigenvalue weighted by Gasteiger charge is 2.40. The number of carbonyl (C=O) groups excluding carboxylic acids is 1. The number of carbonyl (C=O) groups is 1.